The number of carbonyl (C=O) groups is 2. The minimum atomic E-state index is -0.452. The predicted octanol–water partition coefficient (Wildman–Crippen LogP) is 6.85. The van der Waals surface area contributed by atoms with Crippen molar-refractivity contribution in [3.05, 3.63) is 92.9 Å². The number of thioether (sulfide) groups is 1. The molecule has 7 heteroatoms. The van der Waals surface area contributed by atoms with Crippen molar-refractivity contribution < 1.29 is 23.8 Å². The van der Waals surface area contributed by atoms with Gasteiger partial charge in [-0.05, 0) is 92.4 Å². The highest BCUT2D eigenvalue weighted by atomic mass is 32.2. The van der Waals surface area contributed by atoms with E-state index in [1.165, 1.54) is 0 Å². The Bertz CT molecular complexity index is 1430. The fourth-order valence-corrected chi connectivity index (χ4v) is 5.67. The number of carbonyl (C=O) groups excluding carboxylic acids is 2. The van der Waals surface area contributed by atoms with Gasteiger partial charge in [-0.25, -0.2) is 0 Å². The van der Waals surface area contributed by atoms with Crippen LogP contribution in [0.15, 0.2) is 59.5 Å². The topological polar surface area (TPSA) is 73.9 Å². The standard InChI is InChI=1S/C31H31NO5S/c1-18-19(2)28-26(20(3)27(18)36-16-22-9-7-6-8-10-22)24(31(4,5)37-28)17-35-23-13-11-21(12-14-23)15-25-29(33)32-30(34)38-25/h6-15,24H,16-17H2,1-5H3,(H,32,33,34)/b25-15+. The number of benzene rings is 3. The third kappa shape index (κ3) is 5.03. The summed E-state index contributed by atoms with van der Waals surface area (Å²) in [6, 6.07) is 17.7. The fraction of sp³-hybridized carbons (Fsp3) is 0.290. The van der Waals surface area contributed by atoms with Crippen LogP contribution in [0.2, 0.25) is 0 Å². The van der Waals surface area contributed by atoms with Crippen LogP contribution >= 0.6 is 11.8 Å². The molecule has 2 heterocycles. The molecule has 196 valence electrons. The van der Waals surface area contributed by atoms with E-state index >= 15 is 0 Å². The summed E-state index contributed by atoms with van der Waals surface area (Å²) in [4.78, 5) is 23.6. The lowest BCUT2D eigenvalue weighted by Crippen LogP contribution is -2.34. The summed E-state index contributed by atoms with van der Waals surface area (Å²) in [5, 5.41) is 1.92. The number of nitrogens with one attached hydrogen (secondary N) is 1. The van der Waals surface area contributed by atoms with Crippen LogP contribution in [-0.2, 0) is 11.4 Å². The van der Waals surface area contributed by atoms with Crippen LogP contribution in [0, 0.1) is 20.8 Å². The summed E-state index contributed by atoms with van der Waals surface area (Å²) in [6.07, 6.45) is 1.70. The van der Waals surface area contributed by atoms with Crippen LogP contribution in [0.3, 0.4) is 0 Å². The van der Waals surface area contributed by atoms with Crippen molar-refractivity contribution in [3.8, 4) is 17.2 Å². The molecule has 1 saturated heterocycles. The van der Waals surface area contributed by atoms with Crippen molar-refractivity contribution in [1.82, 2.24) is 5.32 Å². The summed E-state index contributed by atoms with van der Waals surface area (Å²) >= 11 is 0.906. The quantitative estimate of drug-likeness (QED) is 0.338. The molecule has 2 aliphatic heterocycles. The van der Waals surface area contributed by atoms with Crippen molar-refractivity contribution in [2.24, 2.45) is 0 Å². The van der Waals surface area contributed by atoms with Gasteiger partial charge in [0.05, 0.1) is 17.4 Å². The van der Waals surface area contributed by atoms with Gasteiger partial charge in [0.1, 0.15) is 29.5 Å². The third-order valence-electron chi connectivity index (χ3n) is 7.25. The fourth-order valence-electron chi connectivity index (χ4n) is 4.99. The second kappa shape index (κ2) is 10.2. The molecule has 5 rings (SSSR count). The summed E-state index contributed by atoms with van der Waals surface area (Å²) < 4.78 is 19.1. The highest BCUT2D eigenvalue weighted by Gasteiger charge is 2.44. The molecule has 2 aliphatic rings. The lowest BCUT2D eigenvalue weighted by atomic mass is 9.83. The van der Waals surface area contributed by atoms with Gasteiger partial charge in [0.2, 0.25) is 0 Å². The van der Waals surface area contributed by atoms with Gasteiger partial charge in [-0.15, -0.1) is 0 Å². The minimum Gasteiger partial charge on any atom is -0.493 e. The molecule has 3 aromatic carbocycles. The predicted molar refractivity (Wildman–Crippen MR) is 150 cm³/mol. The van der Waals surface area contributed by atoms with Gasteiger partial charge in [0.15, 0.2) is 0 Å². The van der Waals surface area contributed by atoms with Crippen molar-refractivity contribution in [3.63, 3.8) is 0 Å². The summed E-state index contributed by atoms with van der Waals surface area (Å²) in [6.45, 7) is 11.4. The van der Waals surface area contributed by atoms with E-state index in [1.54, 1.807) is 6.08 Å². The average molecular weight is 530 g/mol. The van der Waals surface area contributed by atoms with E-state index in [2.05, 4.69) is 52.1 Å². The molecule has 0 spiro atoms. The van der Waals surface area contributed by atoms with E-state index in [-0.39, 0.29) is 17.1 Å². The highest BCUT2D eigenvalue weighted by molar-refractivity contribution is 8.18. The maximum atomic E-state index is 11.8. The molecule has 0 aliphatic carbocycles. The van der Waals surface area contributed by atoms with Gasteiger partial charge in [0.25, 0.3) is 11.1 Å². The van der Waals surface area contributed by atoms with E-state index in [1.807, 2.05) is 42.5 Å². The van der Waals surface area contributed by atoms with E-state index in [4.69, 9.17) is 14.2 Å². The van der Waals surface area contributed by atoms with Gasteiger partial charge >= 0.3 is 0 Å². The molecule has 0 bridgehead atoms. The van der Waals surface area contributed by atoms with Crippen molar-refractivity contribution in [1.29, 1.82) is 0 Å². The Hall–Kier alpha value is -3.71. The molecule has 38 heavy (non-hydrogen) atoms. The maximum Gasteiger partial charge on any atom is 0.290 e. The van der Waals surface area contributed by atoms with Crippen LogP contribution in [-0.4, -0.2) is 23.4 Å². The van der Waals surface area contributed by atoms with Crippen molar-refractivity contribution in [2.45, 2.75) is 52.7 Å². The molecule has 1 fully saturated rings. The number of hydrogen-bond donors (Lipinski definition) is 1. The molecule has 1 N–H and O–H groups in total. The molecule has 2 amide bonds. The zero-order valence-electron chi connectivity index (χ0n) is 22.2. The van der Waals surface area contributed by atoms with E-state index in [9.17, 15) is 9.59 Å². The molecule has 6 nitrogen and oxygen atoms in total. The lowest BCUT2D eigenvalue weighted by Gasteiger charge is -2.27. The van der Waals surface area contributed by atoms with Crippen LogP contribution in [0.25, 0.3) is 6.08 Å². The van der Waals surface area contributed by atoms with E-state index in [0.29, 0.717) is 18.1 Å². The van der Waals surface area contributed by atoms with Gasteiger partial charge in [-0.2, -0.15) is 0 Å². The van der Waals surface area contributed by atoms with Gasteiger partial charge < -0.3 is 14.2 Å². The first-order valence-corrected chi connectivity index (χ1v) is 13.4. The van der Waals surface area contributed by atoms with Gasteiger partial charge in [-0.3, -0.25) is 14.9 Å². The molecule has 3 aromatic rings. The minimum absolute atomic E-state index is 0.00210. The van der Waals surface area contributed by atoms with Crippen LogP contribution in [0.5, 0.6) is 17.2 Å². The average Bonchev–Trinajstić information content (AvgIpc) is 3.36. The first-order valence-electron chi connectivity index (χ1n) is 12.6. The largest absolute Gasteiger partial charge is 0.493 e. The molecule has 1 atom stereocenters. The zero-order chi connectivity index (χ0) is 27.0. The van der Waals surface area contributed by atoms with E-state index in [0.717, 1.165) is 62.4 Å². The van der Waals surface area contributed by atoms with Gasteiger partial charge in [-0.1, -0.05) is 42.5 Å². The maximum absolute atomic E-state index is 11.8. The zero-order valence-corrected chi connectivity index (χ0v) is 23.0. The Morgan fingerprint density at radius 2 is 1.66 bits per heavy atom. The molecule has 0 aromatic heterocycles. The second-order valence-corrected chi connectivity index (χ2v) is 11.2. The van der Waals surface area contributed by atoms with Crippen LogP contribution < -0.4 is 19.5 Å². The Morgan fingerprint density at radius 1 is 0.947 bits per heavy atom. The summed E-state index contributed by atoms with van der Waals surface area (Å²) in [7, 11) is 0. The van der Waals surface area contributed by atoms with Crippen LogP contribution in [0.4, 0.5) is 4.79 Å². The lowest BCUT2D eigenvalue weighted by molar-refractivity contribution is -0.115. The first kappa shape index (κ1) is 25.9. The molecule has 0 radical (unpaired) electrons. The highest BCUT2D eigenvalue weighted by Crippen LogP contribution is 2.51. The van der Waals surface area contributed by atoms with Crippen LogP contribution in [0.1, 0.15) is 53.1 Å². The summed E-state index contributed by atoms with van der Waals surface area (Å²) in [5.41, 5.74) is 5.90. The van der Waals surface area contributed by atoms with E-state index < -0.39 is 5.60 Å². The first-order chi connectivity index (χ1) is 18.1. The monoisotopic (exact) mass is 529 g/mol. The smallest absolute Gasteiger partial charge is 0.290 e. The molecular formula is C31H31NO5S. The van der Waals surface area contributed by atoms with Gasteiger partial charge in [0, 0.05) is 5.56 Å². The molecular weight excluding hydrogens is 498 g/mol. The Labute approximate surface area is 227 Å². The molecule has 0 saturated carbocycles. The summed E-state index contributed by atoms with van der Waals surface area (Å²) in [5.74, 6) is 2.19. The second-order valence-electron chi connectivity index (χ2n) is 10.2. The number of amides is 2. The van der Waals surface area contributed by atoms with Crippen molar-refractivity contribution in [2.75, 3.05) is 6.61 Å². The number of fused-ring (bicyclic) bond motifs is 1. The SMILES string of the molecule is Cc1c(C)c2c(c(C)c1OCc1ccccc1)C(COc1ccc(/C=C3/SC(=O)NC3=O)cc1)C(C)(C)O2. The van der Waals surface area contributed by atoms with Crippen molar-refractivity contribution >= 4 is 29.0 Å². The Kier molecular flexibility index (Phi) is 6.97. The third-order valence-corrected chi connectivity index (χ3v) is 8.06. The Morgan fingerprint density at radius 3 is 2.32 bits per heavy atom. The number of ether oxygens (including phenoxy) is 3. The number of rotatable bonds is 7. The number of hydrogen-bond acceptors (Lipinski definition) is 6. The molecule has 1 unspecified atom stereocenters. The number of imide groups is 1. The normalized spacial score (nSPS) is 18.8. The Balaban J connectivity index is 1.36.